The lowest BCUT2D eigenvalue weighted by atomic mass is 9.92. The van der Waals surface area contributed by atoms with E-state index in [1.165, 1.54) is 18.3 Å². The number of carboxylic acid groups (broad SMARTS) is 1. The maximum absolute atomic E-state index is 12.7. The summed E-state index contributed by atoms with van der Waals surface area (Å²) in [5, 5.41) is 17.3. The lowest BCUT2D eigenvalue weighted by molar-refractivity contribution is 0.0697. The van der Waals surface area contributed by atoms with E-state index >= 15 is 0 Å². The molecular formula is C36H31ClN4O6. The van der Waals surface area contributed by atoms with Crippen molar-refractivity contribution in [2.24, 2.45) is 0 Å². The smallest absolute Gasteiger partial charge is 0.337 e. The molecule has 1 saturated carbocycles. The topological polar surface area (TPSA) is 140 Å². The number of hydrogen-bond donors (Lipinski definition) is 3. The normalized spacial score (nSPS) is 15.9. The van der Waals surface area contributed by atoms with Gasteiger partial charge in [-0.1, -0.05) is 35.9 Å². The first kappa shape index (κ1) is 31.5. The van der Waals surface area contributed by atoms with Crippen LogP contribution in [0.25, 0.3) is 10.8 Å². The van der Waals surface area contributed by atoms with Gasteiger partial charge < -0.3 is 25.2 Å². The third kappa shape index (κ3) is 7.85. The quantitative estimate of drug-likeness (QED) is 0.140. The zero-order valence-electron chi connectivity index (χ0n) is 25.4. The molecule has 6 rings (SSSR count). The molecule has 10 nitrogen and oxygen atoms in total. The van der Waals surface area contributed by atoms with Crippen LogP contribution in [0.1, 0.15) is 62.5 Å². The number of para-hydroxylation sites is 1. The summed E-state index contributed by atoms with van der Waals surface area (Å²) in [6.45, 7) is 1.81. The van der Waals surface area contributed by atoms with E-state index in [4.69, 9.17) is 21.1 Å². The van der Waals surface area contributed by atoms with Gasteiger partial charge in [0.2, 0.25) is 5.88 Å². The van der Waals surface area contributed by atoms with E-state index in [1.54, 1.807) is 36.4 Å². The molecule has 0 aliphatic heterocycles. The highest BCUT2D eigenvalue weighted by atomic mass is 35.5. The number of pyridine rings is 2. The van der Waals surface area contributed by atoms with Gasteiger partial charge in [-0.3, -0.25) is 9.59 Å². The summed E-state index contributed by atoms with van der Waals surface area (Å²) in [6.07, 6.45) is 4.73. The number of fused-ring (bicyclic) bond motifs is 1. The van der Waals surface area contributed by atoms with Crippen LogP contribution in [-0.4, -0.2) is 45.0 Å². The molecule has 238 valence electrons. The predicted molar refractivity (Wildman–Crippen MR) is 178 cm³/mol. The molecule has 1 fully saturated rings. The predicted octanol–water partition coefficient (Wildman–Crippen LogP) is 7.45. The van der Waals surface area contributed by atoms with Crippen molar-refractivity contribution < 1.29 is 29.0 Å². The number of anilines is 1. The monoisotopic (exact) mass is 650 g/mol. The van der Waals surface area contributed by atoms with Gasteiger partial charge in [-0.2, -0.15) is 0 Å². The van der Waals surface area contributed by atoms with Crippen LogP contribution in [0.3, 0.4) is 0 Å². The molecular weight excluding hydrogens is 620 g/mol. The van der Waals surface area contributed by atoms with Gasteiger partial charge >= 0.3 is 5.97 Å². The van der Waals surface area contributed by atoms with Crippen LogP contribution in [0.15, 0.2) is 91.1 Å². The highest BCUT2D eigenvalue weighted by Gasteiger charge is 2.24. The number of carbonyl (C=O) groups is 3. The fraction of sp³-hybridized carbons (Fsp3) is 0.194. The number of carbonyl (C=O) groups excluding carboxylic acids is 2. The number of halogens is 1. The zero-order valence-corrected chi connectivity index (χ0v) is 26.2. The number of rotatable bonds is 9. The Hall–Kier alpha value is -5.48. The molecule has 5 aromatic rings. The maximum atomic E-state index is 12.7. The van der Waals surface area contributed by atoms with Gasteiger partial charge in [-0.15, -0.1) is 0 Å². The van der Waals surface area contributed by atoms with Gasteiger partial charge in [-0.25, -0.2) is 14.8 Å². The molecule has 0 atom stereocenters. The number of nitrogens with one attached hydrogen (secondary N) is 2. The van der Waals surface area contributed by atoms with E-state index in [0.717, 1.165) is 42.2 Å². The Bertz CT molecular complexity index is 1940. The van der Waals surface area contributed by atoms with Crippen LogP contribution >= 0.6 is 11.6 Å². The number of benzene rings is 3. The molecule has 2 amide bonds. The van der Waals surface area contributed by atoms with E-state index in [9.17, 15) is 19.5 Å². The Morgan fingerprint density at radius 3 is 2.26 bits per heavy atom. The maximum Gasteiger partial charge on any atom is 0.337 e. The third-order valence-corrected chi connectivity index (χ3v) is 8.10. The molecule has 47 heavy (non-hydrogen) atoms. The summed E-state index contributed by atoms with van der Waals surface area (Å²) < 4.78 is 12.2. The van der Waals surface area contributed by atoms with Crippen molar-refractivity contribution in [1.82, 2.24) is 15.3 Å². The molecule has 0 radical (unpaired) electrons. The van der Waals surface area contributed by atoms with Gasteiger partial charge in [0.15, 0.2) is 0 Å². The van der Waals surface area contributed by atoms with Crippen LogP contribution in [0.5, 0.6) is 17.4 Å². The van der Waals surface area contributed by atoms with Crippen LogP contribution in [0.4, 0.5) is 5.69 Å². The molecule has 0 saturated heterocycles. The van der Waals surface area contributed by atoms with Crippen molar-refractivity contribution >= 4 is 45.8 Å². The van der Waals surface area contributed by atoms with Crippen molar-refractivity contribution in [3.8, 4) is 17.4 Å². The Morgan fingerprint density at radius 2 is 1.55 bits per heavy atom. The van der Waals surface area contributed by atoms with E-state index in [-0.39, 0.29) is 34.9 Å². The van der Waals surface area contributed by atoms with Gasteiger partial charge in [0.25, 0.3) is 11.8 Å². The number of aryl methyl sites for hydroxylation is 1. The van der Waals surface area contributed by atoms with Crippen LogP contribution in [-0.2, 0) is 0 Å². The van der Waals surface area contributed by atoms with Crippen LogP contribution in [0.2, 0.25) is 5.15 Å². The molecule has 3 N–H and O–H groups in total. The summed E-state index contributed by atoms with van der Waals surface area (Å²) in [4.78, 5) is 45.1. The molecule has 11 heteroatoms. The number of hydrogen-bond acceptors (Lipinski definition) is 7. The highest BCUT2D eigenvalue weighted by molar-refractivity contribution is 6.29. The fourth-order valence-corrected chi connectivity index (χ4v) is 5.80. The summed E-state index contributed by atoms with van der Waals surface area (Å²) in [5.41, 5.74) is 1.67. The number of aromatic carboxylic acids is 1. The number of carboxylic acids is 1. The molecule has 1 aliphatic rings. The van der Waals surface area contributed by atoms with E-state index in [1.807, 2.05) is 43.3 Å². The summed E-state index contributed by atoms with van der Waals surface area (Å²) in [5.74, 6) is -0.0944. The lowest BCUT2D eigenvalue weighted by Crippen LogP contribution is -2.39. The second-order valence-electron chi connectivity index (χ2n) is 11.3. The minimum absolute atomic E-state index is 0.00237. The third-order valence-electron chi connectivity index (χ3n) is 7.91. The molecule has 0 spiro atoms. The zero-order chi connectivity index (χ0) is 32.9. The molecule has 2 aromatic heterocycles. The molecule has 0 bridgehead atoms. The van der Waals surface area contributed by atoms with E-state index in [2.05, 4.69) is 20.6 Å². The number of nitrogens with zero attached hydrogens (tertiary/aromatic N) is 2. The summed E-state index contributed by atoms with van der Waals surface area (Å²) in [6, 6.07) is 24.3. The van der Waals surface area contributed by atoms with Crippen molar-refractivity contribution in [1.29, 1.82) is 0 Å². The largest absolute Gasteiger partial charge is 0.490 e. The van der Waals surface area contributed by atoms with Crippen molar-refractivity contribution in [3.63, 3.8) is 0 Å². The number of ether oxygens (including phenoxy) is 2. The minimum Gasteiger partial charge on any atom is -0.490 e. The standard InChI is InChI=1S/C36H31ClN4O6/c1-21-16-25(19-32(37)39-21)35(43)40-26-9-13-27(14-10-26)46-28-11-6-23-18-29(12-7-22(23)17-28)47-33-15-8-24(20-38-33)34(42)41-31-5-3-2-4-30(31)36(44)45/h2-8,11-12,15-20,26-27H,9-10,13-14H2,1H3,(H,40,43)(H,41,42)(H,44,45). The van der Waals surface area contributed by atoms with Gasteiger partial charge in [0.1, 0.15) is 16.7 Å². The second-order valence-corrected chi connectivity index (χ2v) is 11.7. The van der Waals surface area contributed by atoms with Crippen molar-refractivity contribution in [3.05, 3.63) is 119 Å². The minimum atomic E-state index is -1.13. The van der Waals surface area contributed by atoms with Gasteiger partial charge in [0, 0.05) is 29.6 Å². The molecule has 3 aromatic carbocycles. The molecule has 2 heterocycles. The fourth-order valence-electron chi connectivity index (χ4n) is 5.55. The average Bonchev–Trinajstić information content (AvgIpc) is 3.05. The summed E-state index contributed by atoms with van der Waals surface area (Å²) >= 11 is 6.01. The first-order valence-electron chi connectivity index (χ1n) is 15.1. The second kappa shape index (κ2) is 13.9. The Labute approximate surface area is 275 Å². The van der Waals surface area contributed by atoms with E-state index < -0.39 is 11.9 Å². The lowest BCUT2D eigenvalue weighted by Gasteiger charge is -2.29. The van der Waals surface area contributed by atoms with E-state index in [0.29, 0.717) is 28.0 Å². The summed E-state index contributed by atoms with van der Waals surface area (Å²) in [7, 11) is 0. The van der Waals surface area contributed by atoms with Crippen molar-refractivity contribution in [2.75, 3.05) is 5.32 Å². The molecule has 1 aliphatic carbocycles. The Balaban J connectivity index is 1.01. The highest BCUT2D eigenvalue weighted by Crippen LogP contribution is 2.30. The number of amides is 2. The first-order chi connectivity index (χ1) is 22.7. The van der Waals surface area contributed by atoms with Gasteiger partial charge in [-0.05, 0) is 98.0 Å². The Morgan fingerprint density at radius 1 is 0.830 bits per heavy atom. The van der Waals surface area contributed by atoms with Crippen LogP contribution in [0, 0.1) is 6.92 Å². The Kier molecular flexibility index (Phi) is 9.30. The first-order valence-corrected chi connectivity index (χ1v) is 15.5. The SMILES string of the molecule is Cc1cc(C(=O)NC2CCC(Oc3ccc4cc(Oc5ccc(C(=O)Nc6ccccc6C(=O)O)cn5)ccc4c3)CC2)cc(Cl)n1. The van der Waals surface area contributed by atoms with Gasteiger partial charge in [0.05, 0.1) is 22.9 Å². The number of aromatic nitrogens is 2. The van der Waals surface area contributed by atoms with Crippen LogP contribution < -0.4 is 20.1 Å². The molecule has 0 unspecified atom stereocenters. The average molecular weight is 651 g/mol. The van der Waals surface area contributed by atoms with Crippen molar-refractivity contribution in [2.45, 2.75) is 44.8 Å².